The SMILES string of the molecule is Cc1cc(C)c(N2c3cc(C(C)C)c(C)cc3N(c3cc(C)c(C)c(C)c3)C2C2N(c3cc(C)c(C)c(C)c3)c3cc(C)c(C(C)C)cc3N2c2cc(C)c(C)c(C)c2)cc1C. The molecule has 0 saturated carbocycles. The van der Waals surface area contributed by atoms with Crippen LogP contribution in [0.15, 0.2) is 72.8 Å². The lowest BCUT2D eigenvalue weighted by atomic mass is 9.96. The fraction of sp³-hybridized carbons (Fsp3) is 0.379. The van der Waals surface area contributed by atoms with Gasteiger partial charge in [-0.2, -0.15) is 0 Å². The standard InChI is InChI=1S/C58H70N4/c1-31(2)50-29-55-53(27-41(50)13)59(47-20-35(7)44(16)36(8)21-47)57(61(55)49-24-39(11)46(18)40(12)25-49)58-60(48-22-37(9)45(17)38(10)23-48)54-28-42(14)51(32(3)4)30-56(54)62(58)52-26-34(6)33(5)19-43(52)15/h19-32,57-58H,1-18H3. The maximum Gasteiger partial charge on any atom is 0.151 e. The molecule has 6 aromatic carbocycles. The number of hydrogen-bond donors (Lipinski definition) is 0. The molecule has 2 atom stereocenters. The van der Waals surface area contributed by atoms with Gasteiger partial charge in [-0.1, -0.05) is 33.8 Å². The molecule has 0 aliphatic carbocycles. The third-order valence-corrected chi connectivity index (χ3v) is 15.0. The second-order valence-electron chi connectivity index (χ2n) is 19.8. The predicted molar refractivity (Wildman–Crippen MR) is 269 cm³/mol. The Morgan fingerprint density at radius 1 is 0.274 bits per heavy atom. The van der Waals surface area contributed by atoms with E-state index in [9.17, 15) is 0 Å². The second-order valence-corrected chi connectivity index (χ2v) is 19.8. The van der Waals surface area contributed by atoms with Gasteiger partial charge in [0.1, 0.15) is 0 Å². The summed E-state index contributed by atoms with van der Waals surface area (Å²) in [5.74, 6) is 0.746. The van der Waals surface area contributed by atoms with Gasteiger partial charge >= 0.3 is 0 Å². The van der Waals surface area contributed by atoms with Crippen LogP contribution >= 0.6 is 0 Å². The van der Waals surface area contributed by atoms with E-state index in [4.69, 9.17) is 0 Å². The lowest BCUT2D eigenvalue weighted by molar-refractivity contribution is 0.548. The third-order valence-electron chi connectivity index (χ3n) is 15.0. The van der Waals surface area contributed by atoms with Crippen LogP contribution in [0.2, 0.25) is 0 Å². The van der Waals surface area contributed by atoms with Gasteiger partial charge in [0, 0.05) is 22.7 Å². The van der Waals surface area contributed by atoms with Crippen molar-refractivity contribution in [3.63, 3.8) is 0 Å². The Labute approximate surface area is 374 Å². The average molecular weight is 823 g/mol. The molecule has 2 aliphatic rings. The maximum absolute atomic E-state index is 2.74. The van der Waals surface area contributed by atoms with Crippen molar-refractivity contribution in [2.75, 3.05) is 19.6 Å². The molecule has 322 valence electrons. The van der Waals surface area contributed by atoms with Gasteiger partial charge in [0.25, 0.3) is 0 Å². The normalized spacial score (nSPS) is 16.1. The summed E-state index contributed by atoms with van der Waals surface area (Å²) in [6.45, 7) is 41.3. The van der Waals surface area contributed by atoms with Crippen LogP contribution in [0.3, 0.4) is 0 Å². The molecule has 0 bridgehead atoms. The first-order valence-corrected chi connectivity index (χ1v) is 23.0. The monoisotopic (exact) mass is 823 g/mol. The third kappa shape index (κ3) is 6.89. The van der Waals surface area contributed by atoms with Crippen LogP contribution in [-0.4, -0.2) is 12.3 Å². The number of hydrogen-bond acceptors (Lipinski definition) is 4. The van der Waals surface area contributed by atoms with Crippen molar-refractivity contribution in [2.24, 2.45) is 0 Å². The van der Waals surface area contributed by atoms with Gasteiger partial charge in [-0.05, 0) is 265 Å². The highest BCUT2D eigenvalue weighted by Crippen LogP contribution is 2.58. The Hall–Kier alpha value is -5.48. The second kappa shape index (κ2) is 15.7. The average Bonchev–Trinajstić information content (AvgIpc) is 3.69. The minimum atomic E-state index is -0.215. The van der Waals surface area contributed by atoms with Gasteiger partial charge in [-0.25, -0.2) is 0 Å². The number of aryl methyl sites for hydroxylation is 11. The summed E-state index contributed by atoms with van der Waals surface area (Å²) < 4.78 is 0. The lowest BCUT2D eigenvalue weighted by Gasteiger charge is -2.45. The molecule has 0 aromatic heterocycles. The highest BCUT2D eigenvalue weighted by Gasteiger charge is 2.52. The van der Waals surface area contributed by atoms with Gasteiger partial charge in [0.2, 0.25) is 0 Å². The predicted octanol–water partition coefficient (Wildman–Crippen LogP) is 16.2. The van der Waals surface area contributed by atoms with E-state index in [1.165, 1.54) is 135 Å². The van der Waals surface area contributed by atoms with Crippen molar-refractivity contribution < 1.29 is 0 Å². The molecule has 0 fully saturated rings. The Morgan fingerprint density at radius 3 is 0.887 bits per heavy atom. The summed E-state index contributed by atoms with van der Waals surface area (Å²) in [5, 5.41) is 0. The quantitative estimate of drug-likeness (QED) is 0.159. The Morgan fingerprint density at radius 2 is 0.548 bits per heavy atom. The molecular weight excluding hydrogens is 753 g/mol. The molecule has 0 spiro atoms. The summed E-state index contributed by atoms with van der Waals surface area (Å²) in [6.07, 6.45) is -0.430. The molecular formula is C58H70N4. The minimum absolute atomic E-state index is 0.215. The number of fused-ring (bicyclic) bond motifs is 2. The van der Waals surface area contributed by atoms with Gasteiger partial charge in [0.15, 0.2) is 12.3 Å². The number of anilines is 8. The molecule has 0 N–H and O–H groups in total. The largest absolute Gasteiger partial charge is 0.314 e. The summed E-state index contributed by atoms with van der Waals surface area (Å²) in [5.41, 5.74) is 31.2. The van der Waals surface area contributed by atoms with Crippen molar-refractivity contribution in [1.82, 2.24) is 0 Å². The fourth-order valence-electron chi connectivity index (χ4n) is 10.6. The fourth-order valence-corrected chi connectivity index (χ4v) is 10.6. The van der Waals surface area contributed by atoms with Gasteiger partial charge in [-0.15, -0.1) is 0 Å². The van der Waals surface area contributed by atoms with Crippen LogP contribution in [0.4, 0.5) is 45.5 Å². The topological polar surface area (TPSA) is 13.0 Å². The van der Waals surface area contributed by atoms with E-state index in [0.717, 1.165) is 0 Å². The highest BCUT2D eigenvalue weighted by atomic mass is 15.5. The summed E-state index contributed by atoms with van der Waals surface area (Å²) in [4.78, 5) is 10.9. The van der Waals surface area contributed by atoms with Crippen molar-refractivity contribution in [2.45, 2.75) is 149 Å². The van der Waals surface area contributed by atoms with E-state index in [1.807, 2.05) is 0 Å². The number of benzene rings is 6. The van der Waals surface area contributed by atoms with E-state index in [2.05, 4.69) is 217 Å². The minimum Gasteiger partial charge on any atom is -0.314 e. The van der Waals surface area contributed by atoms with Gasteiger partial charge < -0.3 is 19.6 Å². The van der Waals surface area contributed by atoms with Crippen molar-refractivity contribution in [3.8, 4) is 0 Å². The van der Waals surface area contributed by atoms with E-state index < -0.39 is 0 Å². The van der Waals surface area contributed by atoms with Gasteiger partial charge in [0.05, 0.1) is 22.7 Å². The van der Waals surface area contributed by atoms with E-state index in [0.29, 0.717) is 11.8 Å². The van der Waals surface area contributed by atoms with E-state index in [-0.39, 0.29) is 12.3 Å². The summed E-state index contributed by atoms with van der Waals surface area (Å²) >= 11 is 0. The van der Waals surface area contributed by atoms with Crippen molar-refractivity contribution in [3.05, 3.63) is 162 Å². The number of rotatable bonds is 7. The summed E-state index contributed by atoms with van der Waals surface area (Å²) in [7, 11) is 0. The molecule has 6 aromatic rings. The van der Waals surface area contributed by atoms with Crippen LogP contribution in [0.5, 0.6) is 0 Å². The lowest BCUT2D eigenvalue weighted by Crippen LogP contribution is -2.58. The van der Waals surface area contributed by atoms with E-state index >= 15 is 0 Å². The van der Waals surface area contributed by atoms with Crippen molar-refractivity contribution >= 4 is 45.5 Å². The molecule has 2 unspecified atom stereocenters. The molecule has 62 heavy (non-hydrogen) atoms. The molecule has 0 amide bonds. The molecule has 0 saturated heterocycles. The zero-order valence-corrected chi connectivity index (χ0v) is 41.0. The zero-order valence-electron chi connectivity index (χ0n) is 41.0. The molecule has 4 nitrogen and oxygen atoms in total. The smallest absolute Gasteiger partial charge is 0.151 e. The Balaban J connectivity index is 1.58. The van der Waals surface area contributed by atoms with Crippen molar-refractivity contribution in [1.29, 1.82) is 0 Å². The Bertz CT molecular complexity index is 2720. The maximum atomic E-state index is 2.74. The van der Waals surface area contributed by atoms with Crippen LogP contribution in [0.1, 0.15) is 129 Å². The molecule has 0 radical (unpaired) electrons. The first-order chi connectivity index (χ1) is 29.2. The first kappa shape index (κ1) is 43.2. The molecule has 8 rings (SSSR count). The first-order valence-electron chi connectivity index (χ1n) is 23.0. The zero-order chi connectivity index (χ0) is 45.0. The van der Waals surface area contributed by atoms with Crippen LogP contribution in [-0.2, 0) is 0 Å². The summed E-state index contributed by atoms with van der Waals surface area (Å²) in [6, 6.07) is 29.6. The molecule has 2 aliphatic heterocycles. The molecule has 2 heterocycles. The molecule has 4 heteroatoms. The van der Waals surface area contributed by atoms with E-state index in [1.54, 1.807) is 0 Å². The Kier molecular flexibility index (Phi) is 10.9. The van der Waals surface area contributed by atoms with Gasteiger partial charge in [-0.3, -0.25) is 0 Å². The van der Waals surface area contributed by atoms with Crippen LogP contribution < -0.4 is 19.6 Å². The van der Waals surface area contributed by atoms with Crippen LogP contribution in [0.25, 0.3) is 0 Å². The number of nitrogens with zero attached hydrogens (tertiary/aromatic N) is 4. The van der Waals surface area contributed by atoms with Crippen LogP contribution in [0, 0.1) is 96.9 Å². The highest BCUT2D eigenvalue weighted by molar-refractivity contribution is 5.96.